The summed E-state index contributed by atoms with van der Waals surface area (Å²) in [7, 11) is 0. The number of aromatic nitrogens is 3. The molecule has 0 bridgehead atoms. The van der Waals surface area contributed by atoms with Gasteiger partial charge in [0.15, 0.2) is 11.5 Å². The monoisotopic (exact) mass is 443 g/mol. The van der Waals surface area contributed by atoms with Crippen molar-refractivity contribution in [1.29, 1.82) is 0 Å². The van der Waals surface area contributed by atoms with Gasteiger partial charge in [0.1, 0.15) is 5.69 Å². The molecule has 0 spiro atoms. The fourth-order valence-corrected chi connectivity index (χ4v) is 2.91. The predicted molar refractivity (Wildman–Crippen MR) is 99.3 cm³/mol. The predicted octanol–water partition coefficient (Wildman–Crippen LogP) is 3.94. The van der Waals surface area contributed by atoms with E-state index in [1.54, 1.807) is 0 Å². The maximum Gasteiger partial charge on any atom is 0.435 e. The molecule has 0 fully saturated rings. The second-order valence-electron chi connectivity index (χ2n) is 5.61. The molecule has 1 aromatic carbocycles. The van der Waals surface area contributed by atoms with Crippen molar-refractivity contribution in [3.05, 3.63) is 69.6 Å². The number of hydrogen-bond acceptors (Lipinski definition) is 4. The van der Waals surface area contributed by atoms with E-state index in [2.05, 4.69) is 15.4 Å². The molecule has 0 aliphatic heterocycles. The number of carbonyl (C=O) groups excluding carboxylic acids is 2. The zero-order valence-corrected chi connectivity index (χ0v) is 15.7. The highest BCUT2D eigenvalue weighted by molar-refractivity contribution is 6.35. The molecule has 0 aliphatic carbocycles. The summed E-state index contributed by atoms with van der Waals surface area (Å²) in [6.07, 6.45) is -3.55. The van der Waals surface area contributed by atoms with E-state index >= 15 is 0 Å². The average molecular weight is 444 g/mol. The summed E-state index contributed by atoms with van der Waals surface area (Å²) in [4.78, 5) is 28.2. The molecule has 2 aromatic heterocycles. The van der Waals surface area contributed by atoms with Crippen LogP contribution in [0.25, 0.3) is 5.82 Å². The highest BCUT2D eigenvalue weighted by Crippen LogP contribution is 2.31. The molecular weight excluding hydrogens is 434 g/mol. The minimum absolute atomic E-state index is 0.0287. The first-order valence-electron chi connectivity index (χ1n) is 7.77. The van der Waals surface area contributed by atoms with Crippen molar-refractivity contribution < 1.29 is 22.8 Å². The number of nitrogens with zero attached hydrogens (tertiary/aromatic N) is 3. The fourth-order valence-electron chi connectivity index (χ4n) is 2.44. The number of carbonyl (C=O) groups is 2. The number of anilines is 1. The molecule has 3 rings (SSSR count). The third-order valence-electron chi connectivity index (χ3n) is 3.68. The van der Waals surface area contributed by atoms with Gasteiger partial charge in [-0.3, -0.25) is 9.59 Å². The van der Waals surface area contributed by atoms with Crippen LogP contribution in [-0.2, 0) is 6.18 Å². The van der Waals surface area contributed by atoms with Crippen LogP contribution in [0.15, 0.2) is 42.6 Å². The summed E-state index contributed by atoms with van der Waals surface area (Å²) in [5, 5.41) is 5.67. The Morgan fingerprint density at radius 2 is 1.79 bits per heavy atom. The maximum absolute atomic E-state index is 13.2. The number of benzene rings is 1. The largest absolute Gasteiger partial charge is 0.435 e. The van der Waals surface area contributed by atoms with E-state index in [9.17, 15) is 22.8 Å². The van der Waals surface area contributed by atoms with Crippen molar-refractivity contribution in [2.24, 2.45) is 5.73 Å². The zero-order chi connectivity index (χ0) is 21.3. The fraction of sp³-hybridized carbons (Fsp3) is 0.0588. The summed E-state index contributed by atoms with van der Waals surface area (Å²) >= 11 is 11.9. The molecule has 0 saturated heterocycles. The lowest BCUT2D eigenvalue weighted by molar-refractivity contribution is -0.141. The second-order valence-corrected chi connectivity index (χ2v) is 6.43. The van der Waals surface area contributed by atoms with E-state index in [0.717, 1.165) is 0 Å². The Kier molecular flexibility index (Phi) is 5.49. The summed E-state index contributed by atoms with van der Waals surface area (Å²) < 4.78 is 40.2. The molecule has 0 unspecified atom stereocenters. The molecule has 29 heavy (non-hydrogen) atoms. The number of halogens is 5. The normalized spacial score (nSPS) is 11.3. The van der Waals surface area contributed by atoms with Gasteiger partial charge >= 0.3 is 6.18 Å². The van der Waals surface area contributed by atoms with Crippen molar-refractivity contribution in [1.82, 2.24) is 14.8 Å². The summed E-state index contributed by atoms with van der Waals surface area (Å²) in [5.74, 6) is -2.13. The van der Waals surface area contributed by atoms with Crippen molar-refractivity contribution >= 4 is 40.7 Å². The van der Waals surface area contributed by atoms with Gasteiger partial charge in [-0.05, 0) is 24.3 Å². The first-order valence-corrected chi connectivity index (χ1v) is 8.53. The summed E-state index contributed by atoms with van der Waals surface area (Å²) in [5.41, 5.74) is 3.14. The van der Waals surface area contributed by atoms with Gasteiger partial charge in [0.2, 0.25) is 0 Å². The first-order chi connectivity index (χ1) is 13.6. The number of primary amides is 1. The number of amides is 2. The second kappa shape index (κ2) is 7.72. The Morgan fingerprint density at radius 1 is 1.10 bits per heavy atom. The van der Waals surface area contributed by atoms with Crippen LogP contribution in [0.5, 0.6) is 0 Å². The lowest BCUT2D eigenvalue weighted by atomic mass is 10.1. The number of nitrogens with one attached hydrogen (secondary N) is 1. The molecule has 2 amide bonds. The van der Waals surface area contributed by atoms with E-state index in [-0.39, 0.29) is 27.1 Å². The third kappa shape index (κ3) is 4.17. The SMILES string of the molecule is NC(=O)c1c(Cl)cccc1NC(=O)c1cc(C(F)(F)F)nn1-c1ncccc1Cl. The van der Waals surface area contributed by atoms with Gasteiger partial charge in [0.25, 0.3) is 11.8 Å². The topological polar surface area (TPSA) is 103 Å². The Balaban J connectivity index is 2.10. The van der Waals surface area contributed by atoms with E-state index in [0.29, 0.717) is 10.7 Å². The highest BCUT2D eigenvalue weighted by Gasteiger charge is 2.36. The van der Waals surface area contributed by atoms with Gasteiger partial charge in [-0.2, -0.15) is 18.3 Å². The van der Waals surface area contributed by atoms with Crippen LogP contribution in [0.2, 0.25) is 10.0 Å². The molecule has 0 saturated carbocycles. The number of pyridine rings is 1. The molecule has 3 N–H and O–H groups in total. The zero-order valence-electron chi connectivity index (χ0n) is 14.2. The van der Waals surface area contributed by atoms with Crippen LogP contribution in [0.4, 0.5) is 18.9 Å². The maximum atomic E-state index is 13.2. The average Bonchev–Trinajstić information content (AvgIpc) is 3.07. The van der Waals surface area contributed by atoms with Crippen LogP contribution in [0, 0.1) is 0 Å². The minimum Gasteiger partial charge on any atom is -0.365 e. The third-order valence-corrected chi connectivity index (χ3v) is 4.29. The van der Waals surface area contributed by atoms with Gasteiger partial charge in [0, 0.05) is 12.3 Å². The molecule has 12 heteroatoms. The number of rotatable bonds is 4. The highest BCUT2D eigenvalue weighted by atomic mass is 35.5. The van der Waals surface area contributed by atoms with Gasteiger partial charge in [-0.15, -0.1) is 0 Å². The van der Waals surface area contributed by atoms with Crippen LogP contribution in [-0.4, -0.2) is 26.6 Å². The molecule has 0 atom stereocenters. The van der Waals surface area contributed by atoms with Crippen LogP contribution < -0.4 is 11.1 Å². The molecular formula is C17H10Cl2F3N5O2. The van der Waals surface area contributed by atoms with Crippen molar-refractivity contribution in [2.45, 2.75) is 6.18 Å². The molecule has 7 nitrogen and oxygen atoms in total. The number of alkyl halides is 3. The van der Waals surface area contributed by atoms with Gasteiger partial charge in [-0.1, -0.05) is 29.3 Å². The van der Waals surface area contributed by atoms with Crippen LogP contribution in [0.3, 0.4) is 0 Å². The van der Waals surface area contributed by atoms with E-state index in [1.807, 2.05) is 0 Å². The molecule has 0 radical (unpaired) electrons. The first kappa shape index (κ1) is 20.6. The summed E-state index contributed by atoms with van der Waals surface area (Å²) in [6.45, 7) is 0. The lowest BCUT2D eigenvalue weighted by Gasteiger charge is -2.11. The van der Waals surface area contributed by atoms with Crippen LogP contribution >= 0.6 is 23.2 Å². The van der Waals surface area contributed by atoms with Gasteiger partial charge in [0.05, 0.1) is 21.3 Å². The Morgan fingerprint density at radius 3 is 2.41 bits per heavy atom. The van der Waals surface area contributed by atoms with Crippen molar-refractivity contribution in [3.8, 4) is 5.82 Å². The van der Waals surface area contributed by atoms with Crippen LogP contribution in [0.1, 0.15) is 26.5 Å². The lowest BCUT2D eigenvalue weighted by Crippen LogP contribution is -2.21. The van der Waals surface area contributed by atoms with Crippen molar-refractivity contribution in [3.63, 3.8) is 0 Å². The quantitative estimate of drug-likeness (QED) is 0.636. The molecule has 2 heterocycles. The number of hydrogen-bond donors (Lipinski definition) is 2. The van der Waals surface area contributed by atoms with E-state index < -0.39 is 29.4 Å². The standard InChI is InChI=1S/C17H10Cl2F3N5O2/c18-8-3-1-5-10(13(8)14(23)28)25-16(29)11-7-12(17(20,21)22)26-27(11)15-9(19)4-2-6-24-15/h1-7H,(H2,23,28)(H,25,29). The summed E-state index contributed by atoms with van der Waals surface area (Å²) in [6, 6.07) is 7.50. The Bertz CT molecular complexity index is 1110. The Labute approximate surface area is 171 Å². The smallest absolute Gasteiger partial charge is 0.365 e. The molecule has 150 valence electrons. The minimum atomic E-state index is -4.82. The van der Waals surface area contributed by atoms with E-state index in [4.69, 9.17) is 28.9 Å². The number of nitrogens with two attached hydrogens (primary N) is 1. The Hall–Kier alpha value is -3.11. The van der Waals surface area contributed by atoms with Crippen molar-refractivity contribution in [2.75, 3.05) is 5.32 Å². The van der Waals surface area contributed by atoms with E-state index in [1.165, 1.54) is 36.5 Å². The molecule has 3 aromatic rings. The molecule has 0 aliphatic rings. The van der Waals surface area contributed by atoms with Gasteiger partial charge < -0.3 is 11.1 Å². The van der Waals surface area contributed by atoms with Gasteiger partial charge in [-0.25, -0.2) is 9.67 Å².